The summed E-state index contributed by atoms with van der Waals surface area (Å²) in [4.78, 5) is 37.4. The molecule has 0 heterocycles. The van der Waals surface area contributed by atoms with Gasteiger partial charge in [0.25, 0.3) is 0 Å². The molecule has 9 nitrogen and oxygen atoms in total. The molecule has 0 aromatic carbocycles. The number of hydrogen-bond acceptors (Lipinski definition) is 8. The third-order valence-corrected chi connectivity index (χ3v) is 14.0. The van der Waals surface area contributed by atoms with Gasteiger partial charge in [0.15, 0.2) is 12.4 Å². The van der Waals surface area contributed by atoms with E-state index in [0.717, 1.165) is 103 Å². The molecule has 0 saturated carbocycles. The fraction of sp³-hybridized carbons (Fsp3) is 0.708. The number of carbonyl (C=O) groups excluding carboxylic acids is 3. The molecule has 0 aromatic rings. The highest BCUT2D eigenvalue weighted by atomic mass is 16.7. The lowest BCUT2D eigenvalue weighted by molar-refractivity contribution is -0.870. The van der Waals surface area contributed by atoms with E-state index in [4.69, 9.17) is 18.9 Å². The summed E-state index contributed by atoms with van der Waals surface area (Å²) < 4.78 is 22.8. The zero-order valence-corrected chi connectivity index (χ0v) is 52.9. The van der Waals surface area contributed by atoms with E-state index in [0.29, 0.717) is 17.4 Å². The first-order valence-corrected chi connectivity index (χ1v) is 33.0. The van der Waals surface area contributed by atoms with Gasteiger partial charge in [0.05, 0.1) is 40.3 Å². The number of unbranched alkanes of at least 4 members (excludes halogenated alkanes) is 27. The van der Waals surface area contributed by atoms with Gasteiger partial charge in [-0.3, -0.25) is 9.59 Å². The molecule has 9 heteroatoms. The number of esters is 2. The van der Waals surface area contributed by atoms with Crippen molar-refractivity contribution in [1.82, 2.24) is 0 Å². The zero-order valence-electron chi connectivity index (χ0n) is 52.9. The van der Waals surface area contributed by atoms with Gasteiger partial charge in [-0.25, -0.2) is 0 Å². The molecular weight excluding hydrogens is 1010 g/mol. The van der Waals surface area contributed by atoms with Crippen LogP contribution in [0.2, 0.25) is 0 Å². The van der Waals surface area contributed by atoms with E-state index in [1.165, 1.54) is 135 Å². The van der Waals surface area contributed by atoms with Gasteiger partial charge >= 0.3 is 11.9 Å². The second kappa shape index (κ2) is 62.0. The molecule has 0 N–H and O–H groups in total. The number of aliphatic carboxylic acids is 1. The number of carboxylic acid groups (broad SMARTS) is 1. The number of carbonyl (C=O) groups is 3. The SMILES string of the molecule is CC/C=C\C/C=C\C/C=C\C/C=C\C/C=C\CCCCCCCCCC(=O)OC(COC(=O)CCCCCCCCCCCCCCCCCCCCCC/C=C\C/C=C\C/C=C\C/C=C\CC)COC(OCC[N+](C)(C)C)C(=O)[O-]. The van der Waals surface area contributed by atoms with E-state index in [1.54, 1.807) is 0 Å². The lowest BCUT2D eigenvalue weighted by atomic mass is 10.0. The second-order valence-corrected chi connectivity index (χ2v) is 23.0. The van der Waals surface area contributed by atoms with Crippen LogP contribution in [0.4, 0.5) is 0 Å². The van der Waals surface area contributed by atoms with Crippen LogP contribution in [-0.4, -0.2) is 82.3 Å². The monoisotopic (exact) mass is 1130 g/mol. The smallest absolute Gasteiger partial charge is 0.306 e. The largest absolute Gasteiger partial charge is 0.545 e. The number of nitrogens with zero attached hydrogens (tertiary/aromatic N) is 1. The topological polar surface area (TPSA) is 111 Å². The summed E-state index contributed by atoms with van der Waals surface area (Å²) in [5.41, 5.74) is 0. The fourth-order valence-electron chi connectivity index (χ4n) is 9.03. The quantitative estimate of drug-likeness (QED) is 0.0195. The minimum atomic E-state index is -1.63. The molecule has 464 valence electrons. The standard InChI is InChI=1S/C72H123NO8/c1-6-8-10-12-14-16-18-20-22-24-26-28-30-31-32-33-34-35-36-37-38-39-41-42-44-46-48-50-52-54-56-58-60-62-69(74)79-66-68(67-80-72(71(76)77)78-65-64-73(3,4)5)81-70(75)63-61-59-57-55-53-51-49-47-45-43-40-29-27-25-23-21-19-17-15-13-11-9-7-2/h8-11,14-17,20-23,26-29,43,45,68,72H,6-7,12-13,18-19,24-25,30-42,44,46-67H2,1-5H3/b10-8-,11-9-,16-14-,17-15-,22-20-,23-21-,28-26-,29-27-,45-43-. The van der Waals surface area contributed by atoms with Gasteiger partial charge in [-0.05, 0) is 96.3 Å². The molecule has 0 amide bonds. The first-order valence-electron chi connectivity index (χ1n) is 33.0. The number of ether oxygens (including phenoxy) is 4. The van der Waals surface area contributed by atoms with E-state index < -0.39 is 24.3 Å². The van der Waals surface area contributed by atoms with Crippen LogP contribution in [0.25, 0.3) is 0 Å². The Morgan fingerprint density at radius 2 is 0.667 bits per heavy atom. The van der Waals surface area contributed by atoms with Crippen molar-refractivity contribution in [3.8, 4) is 0 Å². The molecule has 0 aliphatic rings. The Kier molecular flexibility index (Phi) is 58.9. The van der Waals surface area contributed by atoms with Crippen LogP contribution in [-0.2, 0) is 33.3 Å². The predicted octanol–water partition coefficient (Wildman–Crippen LogP) is 18.9. The lowest BCUT2D eigenvalue weighted by Crippen LogP contribution is -2.44. The Bertz CT molecular complexity index is 1700. The van der Waals surface area contributed by atoms with Crippen LogP contribution in [0, 0.1) is 0 Å². The molecule has 0 fully saturated rings. The predicted molar refractivity (Wildman–Crippen MR) is 343 cm³/mol. The number of allylic oxidation sites excluding steroid dienone is 18. The summed E-state index contributed by atoms with van der Waals surface area (Å²) in [5.74, 6) is -2.30. The van der Waals surface area contributed by atoms with E-state index >= 15 is 0 Å². The van der Waals surface area contributed by atoms with Crippen LogP contribution >= 0.6 is 0 Å². The van der Waals surface area contributed by atoms with Gasteiger partial charge in [0, 0.05) is 12.8 Å². The minimum absolute atomic E-state index is 0.141. The average Bonchev–Trinajstić information content (AvgIpc) is 3.44. The number of quaternary nitrogens is 1. The summed E-state index contributed by atoms with van der Waals surface area (Å²) in [5, 5.41) is 11.8. The Labute approximate surface area is 498 Å². The highest BCUT2D eigenvalue weighted by Gasteiger charge is 2.22. The Morgan fingerprint density at radius 1 is 0.370 bits per heavy atom. The summed E-state index contributed by atoms with van der Waals surface area (Å²) >= 11 is 0. The third kappa shape index (κ3) is 63.4. The van der Waals surface area contributed by atoms with Gasteiger partial charge in [-0.1, -0.05) is 271 Å². The Hall–Kier alpha value is -4.05. The highest BCUT2D eigenvalue weighted by Crippen LogP contribution is 2.17. The van der Waals surface area contributed by atoms with Gasteiger partial charge in [-0.15, -0.1) is 0 Å². The lowest BCUT2D eigenvalue weighted by Gasteiger charge is -2.26. The van der Waals surface area contributed by atoms with Crippen molar-refractivity contribution < 1.29 is 42.9 Å². The molecule has 2 atom stereocenters. The fourth-order valence-corrected chi connectivity index (χ4v) is 9.03. The van der Waals surface area contributed by atoms with Crippen molar-refractivity contribution >= 4 is 17.9 Å². The molecule has 0 aromatic heterocycles. The first kappa shape index (κ1) is 77.0. The van der Waals surface area contributed by atoms with Gasteiger partial charge in [0.1, 0.15) is 13.2 Å². The second-order valence-electron chi connectivity index (χ2n) is 23.0. The zero-order chi connectivity index (χ0) is 59.1. The summed E-state index contributed by atoms with van der Waals surface area (Å²) in [6, 6.07) is 0. The van der Waals surface area contributed by atoms with Crippen LogP contribution in [0.3, 0.4) is 0 Å². The highest BCUT2D eigenvalue weighted by molar-refractivity contribution is 5.70. The maximum absolute atomic E-state index is 12.9. The molecule has 0 rings (SSSR count). The number of carboxylic acids is 1. The average molecular weight is 1130 g/mol. The molecule has 0 saturated heterocycles. The summed E-state index contributed by atoms with van der Waals surface area (Å²) in [7, 11) is 5.92. The molecule has 0 radical (unpaired) electrons. The summed E-state index contributed by atoms with van der Waals surface area (Å²) in [6.07, 6.45) is 83.0. The molecule has 0 bridgehead atoms. The van der Waals surface area contributed by atoms with Crippen molar-refractivity contribution in [3.63, 3.8) is 0 Å². The Morgan fingerprint density at radius 3 is 0.988 bits per heavy atom. The van der Waals surface area contributed by atoms with Crippen molar-refractivity contribution in [2.24, 2.45) is 0 Å². The van der Waals surface area contributed by atoms with Crippen LogP contribution in [0.1, 0.15) is 271 Å². The van der Waals surface area contributed by atoms with Gasteiger partial charge in [0.2, 0.25) is 0 Å². The number of likely N-dealkylation sites (N-methyl/N-ethyl adjacent to an activating group) is 1. The normalized spacial score (nSPS) is 13.4. The number of hydrogen-bond donors (Lipinski definition) is 0. The first-order chi connectivity index (χ1) is 39.6. The minimum Gasteiger partial charge on any atom is -0.545 e. The molecule has 0 aliphatic heterocycles. The molecule has 2 unspecified atom stereocenters. The van der Waals surface area contributed by atoms with E-state index in [2.05, 4.69) is 123 Å². The molecule has 0 spiro atoms. The maximum Gasteiger partial charge on any atom is 0.306 e. The van der Waals surface area contributed by atoms with Crippen molar-refractivity contribution in [2.75, 3.05) is 47.5 Å². The van der Waals surface area contributed by atoms with E-state index in [-0.39, 0.29) is 38.6 Å². The van der Waals surface area contributed by atoms with Gasteiger partial charge in [-0.2, -0.15) is 0 Å². The van der Waals surface area contributed by atoms with Crippen molar-refractivity contribution in [3.05, 3.63) is 109 Å². The van der Waals surface area contributed by atoms with Crippen LogP contribution < -0.4 is 5.11 Å². The van der Waals surface area contributed by atoms with Crippen molar-refractivity contribution in [1.29, 1.82) is 0 Å². The molecular formula is C72H123NO8. The molecule has 0 aliphatic carbocycles. The summed E-state index contributed by atoms with van der Waals surface area (Å²) in [6.45, 7) is 4.52. The van der Waals surface area contributed by atoms with Gasteiger partial charge < -0.3 is 33.3 Å². The third-order valence-electron chi connectivity index (χ3n) is 14.0. The Balaban J connectivity index is 4.13. The van der Waals surface area contributed by atoms with E-state index in [9.17, 15) is 19.5 Å². The van der Waals surface area contributed by atoms with E-state index in [1.807, 2.05) is 21.1 Å². The molecule has 81 heavy (non-hydrogen) atoms. The maximum atomic E-state index is 12.9. The van der Waals surface area contributed by atoms with Crippen LogP contribution in [0.15, 0.2) is 109 Å². The van der Waals surface area contributed by atoms with Crippen LogP contribution in [0.5, 0.6) is 0 Å². The van der Waals surface area contributed by atoms with Crippen molar-refractivity contribution in [2.45, 2.75) is 283 Å². The number of rotatable bonds is 60.